The normalized spacial score (nSPS) is 26.6. The molecular formula is C28H34N2O3S. The van der Waals surface area contributed by atoms with Crippen molar-refractivity contribution in [3.63, 3.8) is 0 Å². The van der Waals surface area contributed by atoms with Crippen LogP contribution in [0.15, 0.2) is 59.5 Å². The van der Waals surface area contributed by atoms with Gasteiger partial charge in [0.25, 0.3) is 0 Å². The SMILES string of the molecule is O=S(=O)(c1ccccc1)N1CCCCN2[C@H](CO)[C@H](c3ccc(C#CC4CCCC4)cc3)[C@@H]2C1. The van der Waals surface area contributed by atoms with Gasteiger partial charge in [-0.25, -0.2) is 8.42 Å². The van der Waals surface area contributed by atoms with E-state index in [2.05, 4.69) is 41.0 Å². The molecule has 2 aromatic carbocycles. The summed E-state index contributed by atoms with van der Waals surface area (Å²) in [5.41, 5.74) is 2.18. The van der Waals surface area contributed by atoms with Crippen LogP contribution >= 0.6 is 0 Å². The maximum absolute atomic E-state index is 13.4. The molecule has 5 rings (SSSR count). The van der Waals surface area contributed by atoms with Gasteiger partial charge in [-0.1, -0.05) is 55.0 Å². The highest BCUT2D eigenvalue weighted by molar-refractivity contribution is 7.89. The van der Waals surface area contributed by atoms with Crippen molar-refractivity contribution >= 4 is 10.0 Å². The Balaban J connectivity index is 1.37. The standard InChI is InChI=1S/C28H34N2O3S/c31-21-27-28(24-16-14-23(15-17-24)13-12-22-8-4-5-9-22)26-20-29(18-6-7-19-30(26)27)34(32,33)25-10-2-1-3-11-25/h1-3,10-11,14-17,22,26-28,31H,4-9,18-21H2/t26-,27+,28+/m0/s1. The van der Waals surface area contributed by atoms with Gasteiger partial charge in [-0.3, -0.25) is 4.90 Å². The van der Waals surface area contributed by atoms with Crippen molar-refractivity contribution in [2.24, 2.45) is 5.92 Å². The molecular weight excluding hydrogens is 444 g/mol. The van der Waals surface area contributed by atoms with Crippen LogP contribution in [0.5, 0.6) is 0 Å². The van der Waals surface area contributed by atoms with Crippen LogP contribution in [0.2, 0.25) is 0 Å². The Morgan fingerprint density at radius 3 is 2.32 bits per heavy atom. The fraction of sp³-hybridized carbons (Fsp3) is 0.500. The maximum atomic E-state index is 13.4. The number of benzene rings is 2. The van der Waals surface area contributed by atoms with E-state index in [0.717, 1.165) is 30.5 Å². The second-order valence-corrected chi connectivity index (χ2v) is 11.8. The highest BCUT2D eigenvalue weighted by Gasteiger charge is 2.50. The summed E-state index contributed by atoms with van der Waals surface area (Å²) in [6, 6.07) is 17.2. The third-order valence-corrected chi connectivity index (χ3v) is 9.66. The molecule has 0 unspecified atom stereocenters. The average Bonchev–Trinajstić information content (AvgIpc) is 3.37. The van der Waals surface area contributed by atoms with E-state index in [1.165, 1.54) is 25.7 Å². The molecule has 2 heterocycles. The van der Waals surface area contributed by atoms with E-state index < -0.39 is 10.0 Å². The van der Waals surface area contributed by atoms with Gasteiger partial charge in [0.1, 0.15) is 0 Å². The summed E-state index contributed by atoms with van der Waals surface area (Å²) in [6.07, 6.45) is 6.76. The van der Waals surface area contributed by atoms with E-state index in [-0.39, 0.29) is 24.6 Å². The Hall–Kier alpha value is -2.17. The topological polar surface area (TPSA) is 60.9 Å². The first-order valence-electron chi connectivity index (χ1n) is 12.6. The molecule has 3 fully saturated rings. The zero-order chi connectivity index (χ0) is 23.5. The van der Waals surface area contributed by atoms with Crippen LogP contribution in [0.3, 0.4) is 0 Å². The molecule has 2 aromatic rings. The summed E-state index contributed by atoms with van der Waals surface area (Å²) in [6.45, 7) is 1.96. The molecule has 0 bridgehead atoms. The molecule has 0 radical (unpaired) electrons. The number of nitrogens with zero attached hydrogens (tertiary/aromatic N) is 2. The lowest BCUT2D eigenvalue weighted by Gasteiger charge is -2.57. The van der Waals surface area contributed by atoms with Crippen molar-refractivity contribution in [1.82, 2.24) is 9.21 Å². The van der Waals surface area contributed by atoms with Gasteiger partial charge in [0.2, 0.25) is 10.0 Å². The molecule has 6 heteroatoms. The van der Waals surface area contributed by atoms with Crippen molar-refractivity contribution in [3.05, 3.63) is 65.7 Å². The lowest BCUT2D eigenvalue weighted by Crippen LogP contribution is -2.67. The number of sulfonamides is 1. The molecule has 3 atom stereocenters. The quantitative estimate of drug-likeness (QED) is 0.679. The zero-order valence-electron chi connectivity index (χ0n) is 19.6. The van der Waals surface area contributed by atoms with Crippen LogP contribution in [-0.4, -0.2) is 61.1 Å². The minimum absolute atomic E-state index is 0.0276. The molecule has 5 nitrogen and oxygen atoms in total. The number of hydrogen-bond donors (Lipinski definition) is 1. The molecule has 3 aliphatic rings. The van der Waals surface area contributed by atoms with Crippen molar-refractivity contribution in [2.75, 3.05) is 26.2 Å². The fourth-order valence-corrected chi connectivity index (χ4v) is 7.43. The van der Waals surface area contributed by atoms with E-state index in [1.807, 2.05) is 6.07 Å². The number of hydrogen-bond acceptors (Lipinski definition) is 4. The largest absolute Gasteiger partial charge is 0.395 e. The third kappa shape index (κ3) is 4.67. The van der Waals surface area contributed by atoms with Gasteiger partial charge in [-0.15, -0.1) is 0 Å². The zero-order valence-corrected chi connectivity index (χ0v) is 20.5. The van der Waals surface area contributed by atoms with Crippen LogP contribution in [0.4, 0.5) is 0 Å². The van der Waals surface area contributed by atoms with Gasteiger partial charge in [-0.05, 0) is 62.1 Å². The van der Waals surface area contributed by atoms with Crippen molar-refractivity contribution in [3.8, 4) is 11.8 Å². The molecule has 2 aliphatic heterocycles. The summed E-state index contributed by atoms with van der Waals surface area (Å²) < 4.78 is 28.4. The minimum Gasteiger partial charge on any atom is -0.395 e. The van der Waals surface area contributed by atoms with E-state index in [4.69, 9.17) is 0 Å². The average molecular weight is 479 g/mol. The Bertz CT molecular complexity index is 1130. The third-order valence-electron chi connectivity index (χ3n) is 7.78. The van der Waals surface area contributed by atoms with E-state index in [9.17, 15) is 13.5 Å². The second kappa shape index (κ2) is 10.2. The van der Waals surface area contributed by atoms with Gasteiger partial charge in [0.05, 0.1) is 11.5 Å². The smallest absolute Gasteiger partial charge is 0.243 e. The molecule has 1 N–H and O–H groups in total. The highest BCUT2D eigenvalue weighted by Crippen LogP contribution is 2.42. The minimum atomic E-state index is -3.55. The molecule has 1 aliphatic carbocycles. The lowest BCUT2D eigenvalue weighted by molar-refractivity contribution is -0.0553. The highest BCUT2D eigenvalue weighted by atomic mass is 32.2. The maximum Gasteiger partial charge on any atom is 0.243 e. The van der Waals surface area contributed by atoms with Crippen molar-refractivity contribution < 1.29 is 13.5 Å². The molecule has 2 saturated heterocycles. The van der Waals surface area contributed by atoms with Gasteiger partial charge in [-0.2, -0.15) is 4.31 Å². The van der Waals surface area contributed by atoms with Crippen LogP contribution in [0, 0.1) is 17.8 Å². The number of aliphatic hydroxyl groups is 1. The van der Waals surface area contributed by atoms with Crippen molar-refractivity contribution in [2.45, 2.75) is 61.4 Å². The van der Waals surface area contributed by atoms with Crippen LogP contribution < -0.4 is 0 Å². The van der Waals surface area contributed by atoms with E-state index in [1.54, 1.807) is 28.6 Å². The number of rotatable bonds is 4. The Labute approximate surface area is 203 Å². The Morgan fingerprint density at radius 2 is 1.62 bits per heavy atom. The predicted molar refractivity (Wildman–Crippen MR) is 134 cm³/mol. The molecule has 0 spiro atoms. The van der Waals surface area contributed by atoms with E-state index >= 15 is 0 Å². The summed E-state index contributed by atoms with van der Waals surface area (Å²) in [7, 11) is -3.55. The molecule has 0 aromatic heterocycles. The summed E-state index contributed by atoms with van der Waals surface area (Å²) >= 11 is 0. The van der Waals surface area contributed by atoms with Crippen LogP contribution in [0.1, 0.15) is 55.6 Å². The Kier molecular flexibility index (Phi) is 7.08. The van der Waals surface area contributed by atoms with Gasteiger partial charge < -0.3 is 5.11 Å². The first-order valence-corrected chi connectivity index (χ1v) is 14.1. The van der Waals surface area contributed by atoms with Crippen LogP contribution in [-0.2, 0) is 10.0 Å². The first-order chi connectivity index (χ1) is 16.6. The molecule has 0 amide bonds. The molecule has 34 heavy (non-hydrogen) atoms. The van der Waals surface area contributed by atoms with E-state index in [0.29, 0.717) is 23.9 Å². The molecule has 1 saturated carbocycles. The lowest BCUT2D eigenvalue weighted by atomic mass is 9.74. The predicted octanol–water partition coefficient (Wildman–Crippen LogP) is 3.84. The van der Waals surface area contributed by atoms with Gasteiger partial charge in [0, 0.05) is 42.6 Å². The molecule has 180 valence electrons. The fourth-order valence-electron chi connectivity index (χ4n) is 5.91. The summed E-state index contributed by atoms with van der Waals surface area (Å²) in [5.74, 6) is 7.40. The second-order valence-electron chi connectivity index (χ2n) is 9.84. The summed E-state index contributed by atoms with van der Waals surface area (Å²) in [5, 5.41) is 10.2. The number of aliphatic hydroxyl groups excluding tert-OH is 1. The van der Waals surface area contributed by atoms with Crippen LogP contribution in [0.25, 0.3) is 0 Å². The Morgan fingerprint density at radius 1 is 0.912 bits per heavy atom. The van der Waals surface area contributed by atoms with Gasteiger partial charge in [0.15, 0.2) is 0 Å². The number of fused-ring (bicyclic) bond motifs is 1. The monoisotopic (exact) mass is 478 g/mol. The first kappa shape index (κ1) is 23.6. The summed E-state index contributed by atoms with van der Waals surface area (Å²) in [4.78, 5) is 2.66. The van der Waals surface area contributed by atoms with Crippen molar-refractivity contribution in [1.29, 1.82) is 0 Å². The van der Waals surface area contributed by atoms with Gasteiger partial charge >= 0.3 is 0 Å².